The van der Waals surface area contributed by atoms with Gasteiger partial charge in [0.05, 0.1) is 6.61 Å². The van der Waals surface area contributed by atoms with E-state index in [0.717, 1.165) is 12.8 Å². The molecule has 6 heteroatoms. The second-order valence-electron chi connectivity index (χ2n) is 4.67. The number of carbonyl (C=O) groups excluding carboxylic acids is 1. The number of nitrogens with zero attached hydrogens (tertiary/aromatic N) is 1. The number of urea groups is 1. The molecular formula is C13H26N2O4. The molecule has 0 aromatic carbocycles. The number of aliphatic carboxylic acids is 1. The Balaban J connectivity index is 4.42. The van der Waals surface area contributed by atoms with Gasteiger partial charge in [-0.15, -0.1) is 0 Å². The van der Waals surface area contributed by atoms with Gasteiger partial charge in [0, 0.05) is 25.0 Å². The predicted octanol–water partition coefficient (Wildman–Crippen LogP) is 1.43. The van der Waals surface area contributed by atoms with Crippen molar-refractivity contribution in [1.82, 2.24) is 10.2 Å². The lowest BCUT2D eigenvalue weighted by molar-refractivity contribution is -0.137. The maximum atomic E-state index is 12.1. The fraction of sp³-hybridized carbons (Fsp3) is 0.846. The first kappa shape index (κ1) is 17.7. The average molecular weight is 274 g/mol. The normalized spacial score (nSPS) is 12.3. The molecule has 0 aliphatic carbocycles. The van der Waals surface area contributed by atoms with E-state index in [2.05, 4.69) is 5.32 Å². The number of hydrogen-bond acceptors (Lipinski definition) is 3. The van der Waals surface area contributed by atoms with Gasteiger partial charge in [0.15, 0.2) is 0 Å². The molecule has 0 saturated heterocycles. The third kappa shape index (κ3) is 7.00. The van der Waals surface area contributed by atoms with Gasteiger partial charge in [-0.25, -0.2) is 4.79 Å². The Bertz CT molecular complexity index is 280. The van der Waals surface area contributed by atoms with Gasteiger partial charge in [-0.2, -0.15) is 0 Å². The number of amides is 2. The smallest absolute Gasteiger partial charge is 0.317 e. The highest BCUT2D eigenvalue weighted by molar-refractivity contribution is 5.75. The van der Waals surface area contributed by atoms with Crippen LogP contribution in [0.25, 0.3) is 0 Å². The first-order valence-electron chi connectivity index (χ1n) is 6.85. The topological polar surface area (TPSA) is 89.9 Å². The minimum Gasteiger partial charge on any atom is -0.481 e. The van der Waals surface area contributed by atoms with Crippen LogP contribution in [0.3, 0.4) is 0 Å². The molecule has 0 spiro atoms. The lowest BCUT2D eigenvalue weighted by atomic mass is 10.1. The Kier molecular flexibility index (Phi) is 8.95. The van der Waals surface area contributed by atoms with Crippen LogP contribution in [0.2, 0.25) is 0 Å². The van der Waals surface area contributed by atoms with Gasteiger partial charge in [-0.05, 0) is 26.2 Å². The highest BCUT2D eigenvalue weighted by Gasteiger charge is 2.21. The van der Waals surface area contributed by atoms with E-state index >= 15 is 0 Å². The summed E-state index contributed by atoms with van der Waals surface area (Å²) in [6.07, 6.45) is 2.09. The van der Waals surface area contributed by atoms with Crippen molar-refractivity contribution in [2.45, 2.75) is 58.5 Å². The first-order valence-corrected chi connectivity index (χ1v) is 6.85. The fourth-order valence-electron chi connectivity index (χ4n) is 1.99. The monoisotopic (exact) mass is 274 g/mol. The Hall–Kier alpha value is -1.30. The second kappa shape index (κ2) is 9.61. The Morgan fingerprint density at radius 1 is 1.26 bits per heavy atom. The van der Waals surface area contributed by atoms with Crippen molar-refractivity contribution in [3.63, 3.8) is 0 Å². The molecule has 1 atom stereocenters. The van der Waals surface area contributed by atoms with Crippen LogP contribution in [0.15, 0.2) is 0 Å². The van der Waals surface area contributed by atoms with Crippen molar-refractivity contribution in [2.75, 3.05) is 13.2 Å². The van der Waals surface area contributed by atoms with Crippen molar-refractivity contribution in [2.24, 2.45) is 0 Å². The van der Waals surface area contributed by atoms with Crippen molar-refractivity contribution in [3.8, 4) is 0 Å². The molecule has 0 radical (unpaired) electrons. The SMILES string of the molecule is CCC(CC)N(CCO)C(=O)NC(C)CCC(=O)O. The number of carboxylic acid groups (broad SMARTS) is 1. The van der Waals surface area contributed by atoms with Crippen molar-refractivity contribution >= 4 is 12.0 Å². The molecule has 0 aliphatic heterocycles. The van der Waals surface area contributed by atoms with Crippen LogP contribution in [-0.4, -0.2) is 52.3 Å². The zero-order valence-electron chi connectivity index (χ0n) is 12.1. The Morgan fingerprint density at radius 3 is 2.26 bits per heavy atom. The Morgan fingerprint density at radius 2 is 1.84 bits per heavy atom. The number of aliphatic hydroxyl groups is 1. The van der Waals surface area contributed by atoms with Crippen LogP contribution in [-0.2, 0) is 4.79 Å². The molecule has 19 heavy (non-hydrogen) atoms. The van der Waals surface area contributed by atoms with E-state index < -0.39 is 5.97 Å². The third-order valence-electron chi connectivity index (χ3n) is 3.15. The van der Waals surface area contributed by atoms with Crippen molar-refractivity contribution in [3.05, 3.63) is 0 Å². The molecule has 0 aromatic rings. The molecule has 6 nitrogen and oxygen atoms in total. The zero-order chi connectivity index (χ0) is 14.8. The number of aliphatic hydroxyl groups excluding tert-OH is 1. The molecule has 0 aliphatic rings. The first-order chi connectivity index (χ1) is 8.96. The number of hydrogen-bond donors (Lipinski definition) is 3. The summed E-state index contributed by atoms with van der Waals surface area (Å²) in [6, 6.07) is -0.335. The van der Waals surface area contributed by atoms with Crippen LogP contribution in [0.4, 0.5) is 4.79 Å². The number of nitrogens with one attached hydrogen (secondary N) is 1. The summed E-state index contributed by atoms with van der Waals surface area (Å²) in [4.78, 5) is 24.2. The Labute approximate surface area is 114 Å². The van der Waals surface area contributed by atoms with Crippen LogP contribution in [0, 0.1) is 0 Å². The molecule has 0 saturated carbocycles. The summed E-state index contributed by atoms with van der Waals surface area (Å²) in [6.45, 7) is 6.00. The number of rotatable bonds is 9. The molecule has 112 valence electrons. The summed E-state index contributed by atoms with van der Waals surface area (Å²) < 4.78 is 0. The standard InChI is InChI=1S/C13H26N2O4/c1-4-11(5-2)15(8-9-16)13(19)14-10(3)6-7-12(17)18/h10-11,16H,4-9H2,1-3H3,(H,14,19)(H,17,18). The van der Waals surface area contributed by atoms with E-state index in [0.29, 0.717) is 13.0 Å². The molecule has 2 amide bonds. The van der Waals surface area contributed by atoms with Gasteiger partial charge >= 0.3 is 12.0 Å². The largest absolute Gasteiger partial charge is 0.481 e. The molecule has 0 aromatic heterocycles. The molecular weight excluding hydrogens is 248 g/mol. The highest BCUT2D eigenvalue weighted by atomic mass is 16.4. The van der Waals surface area contributed by atoms with Gasteiger partial charge < -0.3 is 20.4 Å². The van der Waals surface area contributed by atoms with Crippen LogP contribution >= 0.6 is 0 Å². The molecule has 3 N–H and O–H groups in total. The number of carboxylic acids is 1. The zero-order valence-corrected chi connectivity index (χ0v) is 12.1. The van der Waals surface area contributed by atoms with Gasteiger partial charge in [-0.3, -0.25) is 4.79 Å². The van der Waals surface area contributed by atoms with Crippen LogP contribution in [0.1, 0.15) is 46.5 Å². The molecule has 0 bridgehead atoms. The van der Waals surface area contributed by atoms with E-state index in [4.69, 9.17) is 10.2 Å². The van der Waals surface area contributed by atoms with Gasteiger partial charge in [0.25, 0.3) is 0 Å². The third-order valence-corrected chi connectivity index (χ3v) is 3.15. The van der Waals surface area contributed by atoms with Crippen molar-refractivity contribution < 1.29 is 19.8 Å². The summed E-state index contributed by atoms with van der Waals surface area (Å²) in [5, 5.41) is 20.4. The second-order valence-corrected chi connectivity index (χ2v) is 4.67. The lowest BCUT2D eigenvalue weighted by Crippen LogP contribution is -2.49. The maximum Gasteiger partial charge on any atom is 0.317 e. The molecule has 0 fully saturated rings. The number of carbonyl (C=O) groups is 2. The van der Waals surface area contributed by atoms with Crippen LogP contribution in [0.5, 0.6) is 0 Å². The average Bonchev–Trinajstić information content (AvgIpc) is 2.36. The van der Waals surface area contributed by atoms with Gasteiger partial charge in [0.2, 0.25) is 0 Å². The van der Waals surface area contributed by atoms with Crippen LogP contribution < -0.4 is 5.32 Å². The van der Waals surface area contributed by atoms with E-state index in [1.807, 2.05) is 13.8 Å². The fourth-order valence-corrected chi connectivity index (χ4v) is 1.99. The molecule has 0 heterocycles. The van der Waals surface area contributed by atoms with Gasteiger partial charge in [-0.1, -0.05) is 13.8 Å². The molecule has 1 unspecified atom stereocenters. The minimum absolute atomic E-state index is 0.0342. The summed E-state index contributed by atoms with van der Waals surface area (Å²) in [7, 11) is 0. The summed E-state index contributed by atoms with van der Waals surface area (Å²) in [5.74, 6) is -0.867. The highest BCUT2D eigenvalue weighted by Crippen LogP contribution is 2.09. The maximum absolute atomic E-state index is 12.1. The lowest BCUT2D eigenvalue weighted by Gasteiger charge is -2.31. The predicted molar refractivity (Wildman–Crippen MR) is 73.0 cm³/mol. The quantitative estimate of drug-likeness (QED) is 0.593. The minimum atomic E-state index is -0.867. The van der Waals surface area contributed by atoms with Gasteiger partial charge in [0.1, 0.15) is 0 Å². The van der Waals surface area contributed by atoms with E-state index in [1.54, 1.807) is 11.8 Å². The summed E-state index contributed by atoms with van der Waals surface area (Å²) in [5.41, 5.74) is 0. The van der Waals surface area contributed by atoms with E-state index in [-0.39, 0.29) is 31.1 Å². The van der Waals surface area contributed by atoms with Crippen molar-refractivity contribution in [1.29, 1.82) is 0 Å². The molecule has 0 rings (SSSR count). The summed E-state index contributed by atoms with van der Waals surface area (Å²) >= 11 is 0. The van der Waals surface area contributed by atoms with E-state index in [9.17, 15) is 9.59 Å². The van der Waals surface area contributed by atoms with E-state index in [1.165, 1.54) is 0 Å².